The molecule has 180 valence electrons. The summed E-state index contributed by atoms with van der Waals surface area (Å²) in [5, 5.41) is 9.69. The van der Waals surface area contributed by atoms with Crippen LogP contribution < -0.4 is 0 Å². The van der Waals surface area contributed by atoms with Gasteiger partial charge in [-0.1, -0.05) is 60.8 Å². The number of carboxylic acid groups (broad SMARTS) is 1. The SMILES string of the molecule is CCC1CCC(C(CCC(C)CC(C)(C)C)OC(=O)C2CCC(C)CC2C(=O)O)CC1. The minimum absolute atomic E-state index is 0.0541. The van der Waals surface area contributed by atoms with Crippen molar-refractivity contribution in [1.29, 1.82) is 0 Å². The topological polar surface area (TPSA) is 63.6 Å². The maximum Gasteiger partial charge on any atom is 0.310 e. The number of ether oxygens (including phenoxy) is 1. The van der Waals surface area contributed by atoms with Crippen LogP contribution in [0, 0.1) is 40.9 Å². The number of hydrogen-bond acceptors (Lipinski definition) is 3. The van der Waals surface area contributed by atoms with Crippen LogP contribution in [0.2, 0.25) is 0 Å². The van der Waals surface area contributed by atoms with Gasteiger partial charge >= 0.3 is 11.9 Å². The van der Waals surface area contributed by atoms with E-state index >= 15 is 0 Å². The van der Waals surface area contributed by atoms with Crippen molar-refractivity contribution in [2.45, 2.75) is 118 Å². The summed E-state index contributed by atoms with van der Waals surface area (Å²) in [6, 6.07) is 0. The van der Waals surface area contributed by atoms with Crippen molar-refractivity contribution < 1.29 is 19.4 Å². The molecule has 2 aliphatic rings. The van der Waals surface area contributed by atoms with Gasteiger partial charge < -0.3 is 9.84 Å². The van der Waals surface area contributed by atoms with Crippen LogP contribution in [0.4, 0.5) is 0 Å². The highest BCUT2D eigenvalue weighted by atomic mass is 16.5. The molecule has 5 atom stereocenters. The van der Waals surface area contributed by atoms with E-state index in [0.717, 1.165) is 44.4 Å². The van der Waals surface area contributed by atoms with E-state index in [0.29, 0.717) is 36.0 Å². The fourth-order valence-electron chi connectivity index (χ4n) is 6.13. The van der Waals surface area contributed by atoms with Gasteiger partial charge in [-0.25, -0.2) is 0 Å². The zero-order valence-corrected chi connectivity index (χ0v) is 21.0. The van der Waals surface area contributed by atoms with Gasteiger partial charge in [-0.15, -0.1) is 0 Å². The zero-order valence-electron chi connectivity index (χ0n) is 21.0. The minimum atomic E-state index is -0.840. The molecule has 0 aromatic rings. The smallest absolute Gasteiger partial charge is 0.310 e. The summed E-state index contributed by atoms with van der Waals surface area (Å²) >= 11 is 0. The second-order valence-corrected chi connectivity index (χ2v) is 12.1. The van der Waals surface area contributed by atoms with E-state index in [2.05, 4.69) is 41.5 Å². The molecule has 4 nitrogen and oxygen atoms in total. The maximum absolute atomic E-state index is 13.2. The van der Waals surface area contributed by atoms with Gasteiger partial charge in [0.25, 0.3) is 0 Å². The molecule has 2 rings (SSSR count). The molecule has 2 saturated carbocycles. The number of esters is 1. The third-order valence-electron chi connectivity index (χ3n) is 7.90. The lowest BCUT2D eigenvalue weighted by Crippen LogP contribution is -2.39. The van der Waals surface area contributed by atoms with Crippen molar-refractivity contribution in [3.8, 4) is 0 Å². The first-order valence-electron chi connectivity index (χ1n) is 12.9. The Morgan fingerprint density at radius 3 is 2.19 bits per heavy atom. The van der Waals surface area contributed by atoms with Crippen LogP contribution in [0.25, 0.3) is 0 Å². The number of carboxylic acids is 1. The number of aliphatic carboxylic acids is 1. The van der Waals surface area contributed by atoms with E-state index in [1.807, 2.05) is 0 Å². The van der Waals surface area contributed by atoms with Crippen molar-refractivity contribution in [3.63, 3.8) is 0 Å². The molecule has 0 bridgehead atoms. The first kappa shape index (κ1) is 26.2. The number of carbonyl (C=O) groups excluding carboxylic acids is 1. The molecule has 0 radical (unpaired) electrons. The molecule has 0 heterocycles. The molecule has 4 heteroatoms. The fraction of sp³-hybridized carbons (Fsp3) is 0.926. The highest BCUT2D eigenvalue weighted by Gasteiger charge is 2.41. The van der Waals surface area contributed by atoms with Gasteiger partial charge in [-0.3, -0.25) is 9.59 Å². The van der Waals surface area contributed by atoms with E-state index < -0.39 is 17.8 Å². The van der Waals surface area contributed by atoms with Crippen molar-refractivity contribution >= 4 is 11.9 Å². The van der Waals surface area contributed by atoms with E-state index in [4.69, 9.17) is 4.74 Å². The van der Waals surface area contributed by atoms with Gasteiger partial charge in [0, 0.05) is 0 Å². The number of carbonyl (C=O) groups is 2. The van der Waals surface area contributed by atoms with E-state index in [9.17, 15) is 14.7 Å². The lowest BCUT2D eigenvalue weighted by atomic mass is 9.74. The van der Waals surface area contributed by atoms with Crippen LogP contribution >= 0.6 is 0 Å². The lowest BCUT2D eigenvalue weighted by Gasteiger charge is -2.36. The molecular weight excluding hydrogens is 388 g/mol. The monoisotopic (exact) mass is 436 g/mol. The van der Waals surface area contributed by atoms with Gasteiger partial charge in [0.2, 0.25) is 0 Å². The van der Waals surface area contributed by atoms with Crippen LogP contribution in [0.15, 0.2) is 0 Å². The molecule has 5 unspecified atom stereocenters. The van der Waals surface area contributed by atoms with Gasteiger partial charge in [0.15, 0.2) is 0 Å². The maximum atomic E-state index is 13.2. The fourth-order valence-corrected chi connectivity index (χ4v) is 6.13. The standard InChI is InChI=1S/C27H48O4/c1-7-20-10-12-21(13-11-20)24(15-9-19(3)17-27(4,5)6)31-26(30)22-14-8-18(2)16-23(22)25(28)29/h18-24H,7-17H2,1-6H3,(H,28,29). The average molecular weight is 437 g/mol. The molecule has 0 aromatic carbocycles. The summed E-state index contributed by atoms with van der Waals surface area (Å²) in [5.41, 5.74) is 0.304. The van der Waals surface area contributed by atoms with Crippen LogP contribution in [-0.2, 0) is 14.3 Å². The highest BCUT2D eigenvalue weighted by molar-refractivity contribution is 5.81. The summed E-state index contributed by atoms with van der Waals surface area (Å²) in [6.07, 6.45) is 11.2. The molecule has 0 aliphatic heterocycles. The Bertz CT molecular complexity index is 570. The molecular formula is C27H48O4. The van der Waals surface area contributed by atoms with E-state index in [1.54, 1.807) is 0 Å². The van der Waals surface area contributed by atoms with Crippen LogP contribution in [-0.4, -0.2) is 23.1 Å². The third-order valence-corrected chi connectivity index (χ3v) is 7.90. The predicted octanol–water partition coefficient (Wildman–Crippen LogP) is 7.10. The van der Waals surface area contributed by atoms with Crippen LogP contribution in [0.1, 0.15) is 112 Å². The summed E-state index contributed by atoms with van der Waals surface area (Å²) in [4.78, 5) is 25.0. The lowest BCUT2D eigenvalue weighted by molar-refractivity contribution is -0.167. The van der Waals surface area contributed by atoms with E-state index in [1.165, 1.54) is 19.3 Å². The number of rotatable bonds is 9. The summed E-state index contributed by atoms with van der Waals surface area (Å²) < 4.78 is 6.19. The molecule has 0 amide bonds. The Morgan fingerprint density at radius 2 is 1.65 bits per heavy atom. The quantitative estimate of drug-likeness (QED) is 0.391. The second kappa shape index (κ2) is 11.7. The largest absolute Gasteiger partial charge is 0.481 e. The minimum Gasteiger partial charge on any atom is -0.481 e. The molecule has 0 saturated heterocycles. The molecule has 0 spiro atoms. The Kier molecular flexibility index (Phi) is 9.89. The third kappa shape index (κ3) is 8.42. The van der Waals surface area contributed by atoms with Crippen molar-refractivity contribution in [3.05, 3.63) is 0 Å². The Morgan fingerprint density at radius 1 is 1.00 bits per heavy atom. The summed E-state index contributed by atoms with van der Waals surface area (Å²) in [7, 11) is 0. The van der Waals surface area contributed by atoms with Gasteiger partial charge in [0.05, 0.1) is 11.8 Å². The molecule has 2 fully saturated rings. The second-order valence-electron chi connectivity index (χ2n) is 12.1. The average Bonchev–Trinajstić information content (AvgIpc) is 2.69. The summed E-state index contributed by atoms with van der Waals surface area (Å²) in [5.74, 6) is 0.0439. The van der Waals surface area contributed by atoms with Crippen LogP contribution in [0.5, 0.6) is 0 Å². The van der Waals surface area contributed by atoms with Crippen molar-refractivity contribution in [2.24, 2.45) is 40.9 Å². The van der Waals surface area contributed by atoms with E-state index in [-0.39, 0.29) is 12.1 Å². The molecule has 0 aromatic heterocycles. The molecule has 31 heavy (non-hydrogen) atoms. The summed E-state index contributed by atoms with van der Waals surface area (Å²) in [6.45, 7) is 13.5. The zero-order chi connectivity index (χ0) is 23.2. The van der Waals surface area contributed by atoms with Gasteiger partial charge in [0.1, 0.15) is 6.10 Å². The Balaban J connectivity index is 2.04. The van der Waals surface area contributed by atoms with Crippen LogP contribution in [0.3, 0.4) is 0 Å². The Hall–Kier alpha value is -1.06. The normalized spacial score (nSPS) is 31.6. The van der Waals surface area contributed by atoms with Gasteiger partial charge in [-0.2, -0.15) is 0 Å². The number of hydrogen-bond donors (Lipinski definition) is 1. The molecule has 1 N–H and O–H groups in total. The highest BCUT2D eigenvalue weighted by Crippen LogP contribution is 2.39. The first-order valence-corrected chi connectivity index (χ1v) is 12.9. The first-order chi connectivity index (χ1) is 14.5. The van der Waals surface area contributed by atoms with Crippen molar-refractivity contribution in [1.82, 2.24) is 0 Å². The Labute approximate surface area is 190 Å². The predicted molar refractivity (Wildman–Crippen MR) is 126 cm³/mol. The van der Waals surface area contributed by atoms with Gasteiger partial charge in [-0.05, 0) is 80.5 Å². The van der Waals surface area contributed by atoms with Crippen molar-refractivity contribution in [2.75, 3.05) is 0 Å². The molecule has 2 aliphatic carbocycles.